The molecule has 0 spiro atoms. The number of halogens is 1. The lowest BCUT2D eigenvalue weighted by Crippen LogP contribution is -2.44. The molecule has 0 unspecified atom stereocenters. The van der Waals surface area contributed by atoms with Crippen LogP contribution in [0.2, 0.25) is 5.02 Å². The number of aliphatic carboxylic acids is 1. The first-order valence-corrected chi connectivity index (χ1v) is 6.69. The van der Waals surface area contributed by atoms with Crippen molar-refractivity contribution < 1.29 is 14.7 Å². The standard InChI is InChI=1S/C13H17ClN2O3/c1-7(2)11(13(18)19)15-12(17)10-5-8(14)6-16(10)9-3-4-9/h5-7,9,11H,3-4H2,1-2H3,(H,15,17)(H,18,19)/t11-/m0/s1. The van der Waals surface area contributed by atoms with Gasteiger partial charge in [-0.3, -0.25) is 4.79 Å². The number of carboxylic acids is 1. The Morgan fingerprint density at radius 3 is 2.58 bits per heavy atom. The Balaban J connectivity index is 2.17. The fraction of sp³-hybridized carbons (Fsp3) is 0.538. The number of carbonyl (C=O) groups excluding carboxylic acids is 1. The number of nitrogens with zero attached hydrogens (tertiary/aromatic N) is 1. The van der Waals surface area contributed by atoms with Gasteiger partial charge in [0.15, 0.2) is 0 Å². The Labute approximate surface area is 116 Å². The van der Waals surface area contributed by atoms with Gasteiger partial charge in [-0.05, 0) is 24.8 Å². The fourth-order valence-electron chi connectivity index (χ4n) is 2.01. The molecule has 0 aliphatic heterocycles. The Morgan fingerprint density at radius 1 is 1.47 bits per heavy atom. The minimum atomic E-state index is -1.03. The van der Waals surface area contributed by atoms with Gasteiger partial charge in [-0.15, -0.1) is 0 Å². The first-order valence-electron chi connectivity index (χ1n) is 6.31. The van der Waals surface area contributed by atoms with Crippen molar-refractivity contribution in [3.05, 3.63) is 23.0 Å². The number of carboxylic acid groups (broad SMARTS) is 1. The van der Waals surface area contributed by atoms with Crippen LogP contribution >= 0.6 is 11.6 Å². The topological polar surface area (TPSA) is 71.3 Å². The molecule has 0 radical (unpaired) electrons. The van der Waals surface area contributed by atoms with E-state index in [4.69, 9.17) is 16.7 Å². The van der Waals surface area contributed by atoms with Crippen molar-refractivity contribution in [2.24, 2.45) is 5.92 Å². The van der Waals surface area contributed by atoms with E-state index in [1.165, 1.54) is 0 Å². The maximum Gasteiger partial charge on any atom is 0.326 e. The van der Waals surface area contributed by atoms with Crippen LogP contribution in [-0.2, 0) is 4.79 Å². The summed E-state index contributed by atoms with van der Waals surface area (Å²) in [6.45, 7) is 3.51. The number of nitrogens with one attached hydrogen (secondary N) is 1. The summed E-state index contributed by atoms with van der Waals surface area (Å²) in [6.07, 6.45) is 3.77. The quantitative estimate of drug-likeness (QED) is 0.871. The minimum absolute atomic E-state index is 0.179. The maximum atomic E-state index is 12.2. The van der Waals surface area contributed by atoms with Gasteiger partial charge in [-0.1, -0.05) is 25.4 Å². The van der Waals surface area contributed by atoms with Crippen LogP contribution in [0.1, 0.15) is 43.2 Å². The van der Waals surface area contributed by atoms with Gasteiger partial charge in [0.25, 0.3) is 5.91 Å². The van der Waals surface area contributed by atoms with Gasteiger partial charge >= 0.3 is 5.97 Å². The Kier molecular flexibility index (Phi) is 3.85. The number of aromatic nitrogens is 1. The van der Waals surface area contributed by atoms with E-state index in [9.17, 15) is 9.59 Å². The summed E-state index contributed by atoms with van der Waals surface area (Å²) < 4.78 is 1.83. The highest BCUT2D eigenvalue weighted by molar-refractivity contribution is 6.31. The van der Waals surface area contributed by atoms with Crippen LogP contribution in [0.15, 0.2) is 12.3 Å². The van der Waals surface area contributed by atoms with Crippen molar-refractivity contribution in [3.63, 3.8) is 0 Å². The molecule has 2 rings (SSSR count). The Bertz CT molecular complexity index is 506. The maximum absolute atomic E-state index is 12.2. The Morgan fingerprint density at radius 2 is 2.11 bits per heavy atom. The zero-order valence-electron chi connectivity index (χ0n) is 10.9. The second-order valence-electron chi connectivity index (χ2n) is 5.22. The van der Waals surface area contributed by atoms with Crippen molar-refractivity contribution >= 4 is 23.5 Å². The molecule has 0 saturated heterocycles. The Hall–Kier alpha value is -1.49. The van der Waals surface area contributed by atoms with Crippen LogP contribution in [0.5, 0.6) is 0 Å². The van der Waals surface area contributed by atoms with E-state index in [0.29, 0.717) is 16.8 Å². The molecule has 1 aliphatic rings. The van der Waals surface area contributed by atoms with E-state index < -0.39 is 12.0 Å². The number of hydrogen-bond acceptors (Lipinski definition) is 2. The lowest BCUT2D eigenvalue weighted by Gasteiger charge is -2.18. The molecule has 1 atom stereocenters. The molecule has 1 heterocycles. The highest BCUT2D eigenvalue weighted by Gasteiger charge is 2.30. The van der Waals surface area contributed by atoms with E-state index >= 15 is 0 Å². The summed E-state index contributed by atoms with van der Waals surface area (Å²) in [6, 6.07) is 0.999. The number of rotatable bonds is 5. The minimum Gasteiger partial charge on any atom is -0.480 e. The third kappa shape index (κ3) is 3.10. The molecule has 0 aromatic carbocycles. The smallest absolute Gasteiger partial charge is 0.326 e. The van der Waals surface area contributed by atoms with Crippen LogP contribution in [0.3, 0.4) is 0 Å². The predicted octanol–water partition coefficient (Wildman–Crippen LogP) is 2.32. The van der Waals surface area contributed by atoms with Crippen LogP contribution in [0.25, 0.3) is 0 Å². The fourth-order valence-corrected chi connectivity index (χ4v) is 2.22. The first-order chi connectivity index (χ1) is 8.90. The molecule has 6 heteroatoms. The molecule has 2 N–H and O–H groups in total. The SMILES string of the molecule is CC(C)[C@H](NC(=O)c1cc(Cl)cn1C1CC1)C(=O)O. The van der Waals surface area contributed by atoms with Crippen molar-refractivity contribution in [2.75, 3.05) is 0 Å². The van der Waals surface area contributed by atoms with Crippen LogP contribution in [-0.4, -0.2) is 27.6 Å². The summed E-state index contributed by atoms with van der Waals surface area (Å²) >= 11 is 5.93. The molecule has 1 amide bonds. The summed E-state index contributed by atoms with van der Waals surface area (Å²) in [7, 11) is 0. The van der Waals surface area contributed by atoms with Gasteiger partial charge in [-0.2, -0.15) is 0 Å². The summed E-state index contributed by atoms with van der Waals surface area (Å²) in [5.74, 6) is -1.60. The van der Waals surface area contributed by atoms with E-state index in [0.717, 1.165) is 12.8 Å². The summed E-state index contributed by atoms with van der Waals surface area (Å²) in [5.41, 5.74) is 0.430. The molecule has 19 heavy (non-hydrogen) atoms. The number of hydrogen-bond donors (Lipinski definition) is 2. The average Bonchev–Trinajstić information content (AvgIpc) is 3.08. The van der Waals surface area contributed by atoms with Crippen LogP contribution in [0.4, 0.5) is 0 Å². The first kappa shape index (κ1) is 13.9. The third-order valence-electron chi connectivity index (χ3n) is 3.21. The van der Waals surface area contributed by atoms with Crippen LogP contribution in [0, 0.1) is 5.92 Å². The lowest BCUT2D eigenvalue weighted by molar-refractivity contribution is -0.140. The van der Waals surface area contributed by atoms with Crippen molar-refractivity contribution in [1.82, 2.24) is 9.88 Å². The summed E-state index contributed by atoms with van der Waals surface area (Å²) in [4.78, 5) is 23.3. The van der Waals surface area contributed by atoms with Crippen molar-refractivity contribution in [1.29, 1.82) is 0 Å². The van der Waals surface area contributed by atoms with E-state index in [1.54, 1.807) is 26.1 Å². The van der Waals surface area contributed by atoms with E-state index in [1.807, 2.05) is 4.57 Å². The normalized spacial score (nSPS) is 16.4. The highest BCUT2D eigenvalue weighted by Crippen LogP contribution is 2.37. The van der Waals surface area contributed by atoms with Crippen LogP contribution < -0.4 is 5.32 Å². The van der Waals surface area contributed by atoms with Gasteiger partial charge < -0.3 is 15.0 Å². The van der Waals surface area contributed by atoms with Gasteiger partial charge in [0.1, 0.15) is 11.7 Å². The lowest BCUT2D eigenvalue weighted by atomic mass is 10.0. The highest BCUT2D eigenvalue weighted by atomic mass is 35.5. The largest absolute Gasteiger partial charge is 0.480 e. The number of carbonyl (C=O) groups is 2. The second kappa shape index (κ2) is 5.25. The third-order valence-corrected chi connectivity index (χ3v) is 3.41. The zero-order chi connectivity index (χ0) is 14.2. The molecule has 1 fully saturated rings. The summed E-state index contributed by atoms with van der Waals surface area (Å²) in [5, 5.41) is 12.1. The molecule has 104 valence electrons. The van der Waals surface area contributed by atoms with E-state index in [-0.39, 0.29) is 11.8 Å². The predicted molar refractivity (Wildman–Crippen MR) is 71.4 cm³/mol. The zero-order valence-corrected chi connectivity index (χ0v) is 11.6. The van der Waals surface area contributed by atoms with Crippen molar-refractivity contribution in [2.45, 2.75) is 38.8 Å². The molecule has 1 aliphatic carbocycles. The van der Waals surface area contributed by atoms with Gasteiger partial charge in [-0.25, -0.2) is 4.79 Å². The van der Waals surface area contributed by atoms with Gasteiger partial charge in [0.05, 0.1) is 5.02 Å². The van der Waals surface area contributed by atoms with Gasteiger partial charge in [0.2, 0.25) is 0 Å². The van der Waals surface area contributed by atoms with Gasteiger partial charge in [0, 0.05) is 12.2 Å². The molecule has 0 bridgehead atoms. The average molecular weight is 285 g/mol. The van der Waals surface area contributed by atoms with Crippen molar-refractivity contribution in [3.8, 4) is 0 Å². The number of amides is 1. The molecule has 1 saturated carbocycles. The second-order valence-corrected chi connectivity index (χ2v) is 5.65. The molecular weight excluding hydrogens is 268 g/mol. The molecule has 1 aromatic rings. The molecule has 5 nitrogen and oxygen atoms in total. The molecule has 1 aromatic heterocycles. The van der Waals surface area contributed by atoms with E-state index in [2.05, 4.69) is 5.32 Å². The molecular formula is C13H17ClN2O3. The monoisotopic (exact) mass is 284 g/mol.